The van der Waals surface area contributed by atoms with E-state index in [4.69, 9.17) is 9.47 Å². The molecule has 0 saturated heterocycles. The lowest BCUT2D eigenvalue weighted by Crippen LogP contribution is -2.19. The van der Waals surface area contributed by atoms with Crippen molar-refractivity contribution in [1.29, 1.82) is 0 Å². The molecule has 0 saturated carbocycles. The summed E-state index contributed by atoms with van der Waals surface area (Å²) in [7, 11) is 0. The zero-order valence-corrected chi connectivity index (χ0v) is 15.6. The van der Waals surface area contributed by atoms with E-state index in [0.717, 1.165) is 12.8 Å². The summed E-state index contributed by atoms with van der Waals surface area (Å²) in [5.41, 5.74) is 0.936. The molecule has 0 aliphatic carbocycles. The Labute approximate surface area is 153 Å². The number of nitrogens with zero attached hydrogens (tertiary/aromatic N) is 1. The molecule has 0 spiro atoms. The van der Waals surface area contributed by atoms with Crippen LogP contribution in [0.3, 0.4) is 0 Å². The van der Waals surface area contributed by atoms with E-state index in [9.17, 15) is 9.59 Å². The Morgan fingerprint density at radius 3 is 2.35 bits per heavy atom. The predicted octanol–water partition coefficient (Wildman–Crippen LogP) is 3.70. The molecule has 2 rings (SSSR count). The number of aromatic nitrogens is 1. The first kappa shape index (κ1) is 19.6. The van der Waals surface area contributed by atoms with Gasteiger partial charge in [-0.25, -0.2) is 0 Å². The van der Waals surface area contributed by atoms with E-state index in [2.05, 4.69) is 5.32 Å². The second-order valence-electron chi connectivity index (χ2n) is 5.85. The Kier molecular flexibility index (Phi) is 7.26. The molecule has 2 aromatic rings. The minimum absolute atomic E-state index is 0.0989. The van der Waals surface area contributed by atoms with E-state index in [0.29, 0.717) is 42.5 Å². The molecule has 0 radical (unpaired) electrons. The number of pyridine rings is 1. The highest BCUT2D eigenvalue weighted by Crippen LogP contribution is 2.29. The SMILES string of the molecule is CCCOc1ccc(C(=O)Nc2ccc(=O)n(CC)c2)cc1OCCC. The van der Waals surface area contributed by atoms with Crippen LogP contribution in [0.15, 0.2) is 41.3 Å². The molecule has 26 heavy (non-hydrogen) atoms. The molecule has 1 amide bonds. The quantitative estimate of drug-likeness (QED) is 0.742. The molecule has 0 atom stereocenters. The first-order chi connectivity index (χ1) is 12.6. The summed E-state index contributed by atoms with van der Waals surface area (Å²) >= 11 is 0. The molecule has 0 bridgehead atoms. The Hall–Kier alpha value is -2.76. The molecule has 0 aliphatic heterocycles. The Bertz CT molecular complexity index is 799. The smallest absolute Gasteiger partial charge is 0.255 e. The average molecular weight is 358 g/mol. The zero-order chi connectivity index (χ0) is 18.9. The van der Waals surface area contributed by atoms with Crippen LogP contribution < -0.4 is 20.3 Å². The van der Waals surface area contributed by atoms with Crippen molar-refractivity contribution < 1.29 is 14.3 Å². The molecule has 0 fully saturated rings. The van der Waals surface area contributed by atoms with Crippen molar-refractivity contribution in [3.63, 3.8) is 0 Å². The van der Waals surface area contributed by atoms with Gasteiger partial charge in [-0.05, 0) is 44.0 Å². The van der Waals surface area contributed by atoms with Crippen LogP contribution in [0.25, 0.3) is 0 Å². The molecule has 140 valence electrons. The lowest BCUT2D eigenvalue weighted by molar-refractivity contribution is 0.102. The number of carbonyl (C=O) groups is 1. The van der Waals surface area contributed by atoms with Gasteiger partial charge in [0.2, 0.25) is 0 Å². The van der Waals surface area contributed by atoms with Crippen LogP contribution in [0.4, 0.5) is 5.69 Å². The fourth-order valence-corrected chi connectivity index (χ4v) is 2.36. The monoisotopic (exact) mass is 358 g/mol. The van der Waals surface area contributed by atoms with E-state index in [1.54, 1.807) is 30.5 Å². The van der Waals surface area contributed by atoms with Gasteiger partial charge < -0.3 is 19.4 Å². The van der Waals surface area contributed by atoms with Crippen molar-refractivity contribution in [3.05, 3.63) is 52.4 Å². The third kappa shape index (κ3) is 5.12. The molecule has 1 heterocycles. The number of aryl methyl sites for hydroxylation is 1. The van der Waals surface area contributed by atoms with Crippen molar-refractivity contribution in [2.24, 2.45) is 0 Å². The number of benzene rings is 1. The number of ether oxygens (including phenoxy) is 2. The minimum Gasteiger partial charge on any atom is -0.490 e. The average Bonchev–Trinajstić information content (AvgIpc) is 2.66. The summed E-state index contributed by atoms with van der Waals surface area (Å²) in [4.78, 5) is 24.2. The lowest BCUT2D eigenvalue weighted by atomic mass is 10.2. The predicted molar refractivity (Wildman–Crippen MR) is 102 cm³/mol. The van der Waals surface area contributed by atoms with Crippen LogP contribution in [0.5, 0.6) is 11.5 Å². The van der Waals surface area contributed by atoms with Gasteiger partial charge >= 0.3 is 0 Å². The third-order valence-corrected chi connectivity index (χ3v) is 3.71. The highest BCUT2D eigenvalue weighted by atomic mass is 16.5. The maximum Gasteiger partial charge on any atom is 0.255 e. The summed E-state index contributed by atoms with van der Waals surface area (Å²) in [5, 5.41) is 2.81. The van der Waals surface area contributed by atoms with E-state index in [-0.39, 0.29) is 11.5 Å². The molecular weight excluding hydrogens is 332 g/mol. The van der Waals surface area contributed by atoms with E-state index in [1.807, 2.05) is 20.8 Å². The van der Waals surface area contributed by atoms with Crippen molar-refractivity contribution in [2.45, 2.75) is 40.2 Å². The Morgan fingerprint density at radius 2 is 1.69 bits per heavy atom. The maximum atomic E-state index is 12.6. The van der Waals surface area contributed by atoms with Crippen molar-refractivity contribution in [2.75, 3.05) is 18.5 Å². The van der Waals surface area contributed by atoms with Crippen LogP contribution >= 0.6 is 0 Å². The maximum absolute atomic E-state index is 12.6. The van der Waals surface area contributed by atoms with Gasteiger partial charge in [-0.1, -0.05) is 13.8 Å². The number of hydrogen-bond acceptors (Lipinski definition) is 4. The van der Waals surface area contributed by atoms with Crippen LogP contribution in [-0.2, 0) is 6.54 Å². The van der Waals surface area contributed by atoms with Gasteiger partial charge in [0.25, 0.3) is 11.5 Å². The summed E-state index contributed by atoms with van der Waals surface area (Å²) in [6, 6.07) is 8.18. The molecule has 0 unspecified atom stereocenters. The summed E-state index contributed by atoms with van der Waals surface area (Å²) in [5.74, 6) is 0.928. The molecule has 0 aliphatic rings. The summed E-state index contributed by atoms with van der Waals surface area (Å²) < 4.78 is 12.9. The lowest BCUT2D eigenvalue weighted by Gasteiger charge is -2.14. The standard InChI is InChI=1S/C20H26N2O4/c1-4-11-25-17-9-7-15(13-18(17)26-12-5-2)20(24)21-16-8-10-19(23)22(6-3)14-16/h7-10,13-14H,4-6,11-12H2,1-3H3,(H,21,24). The van der Waals surface area contributed by atoms with Gasteiger partial charge in [-0.2, -0.15) is 0 Å². The first-order valence-corrected chi connectivity index (χ1v) is 9.00. The number of anilines is 1. The number of nitrogens with one attached hydrogen (secondary N) is 1. The van der Waals surface area contributed by atoms with Gasteiger partial charge in [0.05, 0.1) is 18.9 Å². The third-order valence-electron chi connectivity index (χ3n) is 3.71. The molecule has 1 aromatic heterocycles. The highest BCUT2D eigenvalue weighted by molar-refractivity contribution is 6.04. The highest BCUT2D eigenvalue weighted by Gasteiger charge is 2.12. The van der Waals surface area contributed by atoms with E-state index >= 15 is 0 Å². The summed E-state index contributed by atoms with van der Waals surface area (Å²) in [6.07, 6.45) is 3.39. The summed E-state index contributed by atoms with van der Waals surface area (Å²) in [6.45, 7) is 7.61. The van der Waals surface area contributed by atoms with Crippen molar-refractivity contribution in [3.8, 4) is 11.5 Å². The van der Waals surface area contributed by atoms with Gasteiger partial charge in [0.1, 0.15) is 0 Å². The molecule has 1 N–H and O–H groups in total. The Morgan fingerprint density at radius 1 is 1.00 bits per heavy atom. The van der Waals surface area contributed by atoms with E-state index < -0.39 is 0 Å². The molecule has 1 aromatic carbocycles. The van der Waals surface area contributed by atoms with Crippen LogP contribution in [-0.4, -0.2) is 23.7 Å². The number of carbonyl (C=O) groups excluding carboxylic acids is 1. The van der Waals surface area contributed by atoms with Crippen molar-refractivity contribution in [1.82, 2.24) is 4.57 Å². The number of hydrogen-bond donors (Lipinski definition) is 1. The second-order valence-corrected chi connectivity index (χ2v) is 5.85. The number of rotatable bonds is 9. The fourth-order valence-electron chi connectivity index (χ4n) is 2.36. The van der Waals surface area contributed by atoms with Gasteiger partial charge in [0.15, 0.2) is 11.5 Å². The first-order valence-electron chi connectivity index (χ1n) is 9.00. The minimum atomic E-state index is -0.269. The largest absolute Gasteiger partial charge is 0.490 e. The normalized spacial score (nSPS) is 10.4. The number of amides is 1. The van der Waals surface area contributed by atoms with Crippen molar-refractivity contribution >= 4 is 11.6 Å². The topological polar surface area (TPSA) is 69.6 Å². The van der Waals surface area contributed by atoms with Gasteiger partial charge in [0, 0.05) is 24.4 Å². The Balaban J connectivity index is 2.20. The molecule has 6 nitrogen and oxygen atoms in total. The molecular formula is C20H26N2O4. The van der Waals surface area contributed by atoms with Gasteiger partial charge in [-0.3, -0.25) is 9.59 Å². The van der Waals surface area contributed by atoms with Crippen LogP contribution in [0, 0.1) is 0 Å². The molecule has 6 heteroatoms. The zero-order valence-electron chi connectivity index (χ0n) is 15.6. The second kappa shape index (κ2) is 9.65. The van der Waals surface area contributed by atoms with E-state index in [1.165, 1.54) is 10.6 Å². The van der Waals surface area contributed by atoms with Gasteiger partial charge in [-0.15, -0.1) is 0 Å². The fraction of sp³-hybridized carbons (Fsp3) is 0.400. The van der Waals surface area contributed by atoms with Crippen LogP contribution in [0.2, 0.25) is 0 Å². The van der Waals surface area contributed by atoms with Crippen LogP contribution in [0.1, 0.15) is 44.0 Å².